The zero-order chi connectivity index (χ0) is 9.84. The lowest BCUT2D eigenvalue weighted by Crippen LogP contribution is -2.03. The molecule has 0 unspecified atom stereocenters. The van der Waals surface area contributed by atoms with Gasteiger partial charge in [-0.1, -0.05) is 0 Å². The Labute approximate surface area is 73.1 Å². The Bertz CT molecular complexity index is 304. The molecular formula is C8H8F3NO. The van der Waals surface area contributed by atoms with Crippen molar-refractivity contribution in [3.05, 3.63) is 34.9 Å². The average molecular weight is 191 g/mol. The molecule has 0 saturated heterocycles. The third kappa shape index (κ3) is 2.19. The summed E-state index contributed by atoms with van der Waals surface area (Å²) < 4.78 is 37.7. The third-order valence-corrected chi connectivity index (χ3v) is 1.56. The Morgan fingerprint density at radius 1 is 1.31 bits per heavy atom. The molecule has 0 aliphatic heterocycles. The first-order valence-electron chi connectivity index (χ1n) is 3.53. The van der Waals surface area contributed by atoms with Crippen molar-refractivity contribution in [1.29, 1.82) is 0 Å². The van der Waals surface area contributed by atoms with Crippen molar-refractivity contribution in [2.75, 3.05) is 0 Å². The number of hydrogen-bond acceptors (Lipinski definition) is 2. The molecule has 5 heteroatoms. The second-order valence-electron chi connectivity index (χ2n) is 2.50. The van der Waals surface area contributed by atoms with E-state index in [2.05, 4.69) is 10.7 Å². The molecule has 0 fully saturated rings. The van der Waals surface area contributed by atoms with Crippen molar-refractivity contribution >= 4 is 0 Å². The van der Waals surface area contributed by atoms with Crippen molar-refractivity contribution in [1.82, 2.24) is 0 Å². The van der Waals surface area contributed by atoms with Gasteiger partial charge >= 0.3 is 0 Å². The molecule has 13 heavy (non-hydrogen) atoms. The van der Waals surface area contributed by atoms with Crippen LogP contribution in [0.25, 0.3) is 0 Å². The van der Waals surface area contributed by atoms with Gasteiger partial charge in [0.15, 0.2) is 11.6 Å². The number of halogens is 3. The van der Waals surface area contributed by atoms with Gasteiger partial charge < -0.3 is 0 Å². The normalized spacial score (nSPS) is 10.5. The van der Waals surface area contributed by atoms with Crippen LogP contribution in [0.5, 0.6) is 0 Å². The molecule has 1 rings (SSSR count). The first kappa shape index (κ1) is 10.0. The fraction of sp³-hybridized carbons (Fsp3) is 0.250. The maximum atomic E-state index is 12.9. The lowest BCUT2D eigenvalue weighted by Gasteiger charge is -2.04. The molecule has 2 nitrogen and oxygen atoms in total. The maximum Gasteiger partial charge on any atom is 0.164 e. The summed E-state index contributed by atoms with van der Waals surface area (Å²) in [5.41, 5.74) is -0.0268. The van der Waals surface area contributed by atoms with Crippen molar-refractivity contribution in [3.63, 3.8) is 0 Å². The fourth-order valence-corrected chi connectivity index (χ4v) is 0.980. The van der Waals surface area contributed by atoms with Crippen LogP contribution in [-0.4, -0.2) is 0 Å². The molecule has 1 aromatic rings. The van der Waals surface area contributed by atoms with Gasteiger partial charge in [0.2, 0.25) is 0 Å². The smallest absolute Gasteiger partial charge is 0.164 e. The Morgan fingerprint density at radius 3 is 2.54 bits per heavy atom. The summed E-state index contributed by atoms with van der Waals surface area (Å²) in [5.74, 6) is 2.54. The van der Waals surface area contributed by atoms with Crippen LogP contribution in [-0.2, 0) is 18.1 Å². The molecular weight excluding hydrogens is 183 g/mol. The van der Waals surface area contributed by atoms with Crippen LogP contribution in [0.1, 0.15) is 11.1 Å². The van der Waals surface area contributed by atoms with Crippen LogP contribution in [0.2, 0.25) is 0 Å². The highest BCUT2D eigenvalue weighted by atomic mass is 19.2. The van der Waals surface area contributed by atoms with E-state index in [-0.39, 0.29) is 17.7 Å². The topological polar surface area (TPSA) is 35.2 Å². The van der Waals surface area contributed by atoms with Gasteiger partial charge in [-0.25, -0.2) is 19.1 Å². The van der Waals surface area contributed by atoms with Crippen LogP contribution < -0.4 is 5.90 Å². The van der Waals surface area contributed by atoms with Crippen molar-refractivity contribution in [2.24, 2.45) is 5.90 Å². The Morgan fingerprint density at radius 2 is 2.00 bits per heavy atom. The summed E-state index contributed by atoms with van der Waals surface area (Å²) in [4.78, 5) is 4.13. The number of rotatable bonds is 3. The van der Waals surface area contributed by atoms with Crippen LogP contribution in [0.15, 0.2) is 12.1 Å². The predicted octanol–water partition coefficient (Wildman–Crippen LogP) is 1.82. The van der Waals surface area contributed by atoms with E-state index < -0.39 is 18.3 Å². The minimum absolute atomic E-state index is 0.0611. The lowest BCUT2D eigenvalue weighted by molar-refractivity contribution is 0.121. The van der Waals surface area contributed by atoms with Crippen molar-refractivity contribution < 1.29 is 18.0 Å². The van der Waals surface area contributed by atoms with E-state index in [0.29, 0.717) is 0 Å². The lowest BCUT2D eigenvalue weighted by atomic mass is 10.1. The van der Waals surface area contributed by atoms with Gasteiger partial charge in [0.05, 0.1) is 6.61 Å². The molecule has 0 atom stereocenters. The number of benzene rings is 1. The number of nitrogens with two attached hydrogens (primary N) is 1. The highest BCUT2D eigenvalue weighted by molar-refractivity contribution is 5.25. The molecule has 2 N–H and O–H groups in total. The monoisotopic (exact) mass is 191 g/mol. The summed E-state index contributed by atoms with van der Waals surface area (Å²) in [5, 5.41) is 0. The molecule has 0 amide bonds. The highest BCUT2D eigenvalue weighted by Crippen LogP contribution is 2.16. The molecule has 72 valence electrons. The van der Waals surface area contributed by atoms with Gasteiger partial charge in [-0.3, -0.25) is 4.84 Å². The van der Waals surface area contributed by atoms with Gasteiger partial charge in [0.25, 0.3) is 0 Å². The summed E-state index contributed by atoms with van der Waals surface area (Å²) in [7, 11) is 0. The second kappa shape index (κ2) is 4.25. The Hall–Kier alpha value is -1.07. The molecule has 0 bridgehead atoms. The van der Waals surface area contributed by atoms with Gasteiger partial charge in [0, 0.05) is 5.56 Å². The van der Waals surface area contributed by atoms with Gasteiger partial charge in [-0.05, 0) is 17.7 Å². The second-order valence-corrected chi connectivity index (χ2v) is 2.50. The number of hydrogen-bond donors (Lipinski definition) is 1. The predicted molar refractivity (Wildman–Crippen MR) is 40.1 cm³/mol. The largest absolute Gasteiger partial charge is 0.300 e. The average Bonchev–Trinajstić information content (AvgIpc) is 2.13. The Balaban J connectivity index is 3.09. The quantitative estimate of drug-likeness (QED) is 0.739. The number of alkyl halides is 1. The van der Waals surface area contributed by atoms with E-state index in [1.807, 2.05) is 0 Å². The Kier molecular flexibility index (Phi) is 3.27. The summed E-state index contributed by atoms with van der Waals surface area (Å²) in [6, 6.07) is 1.97. The molecule has 0 aliphatic carbocycles. The van der Waals surface area contributed by atoms with Gasteiger partial charge in [-0.2, -0.15) is 0 Å². The zero-order valence-corrected chi connectivity index (χ0v) is 6.69. The molecule has 0 aromatic heterocycles. The third-order valence-electron chi connectivity index (χ3n) is 1.56. The van der Waals surface area contributed by atoms with Crippen molar-refractivity contribution in [2.45, 2.75) is 13.3 Å². The van der Waals surface area contributed by atoms with E-state index in [1.165, 1.54) is 6.07 Å². The van der Waals surface area contributed by atoms with E-state index >= 15 is 0 Å². The molecule has 0 heterocycles. The van der Waals surface area contributed by atoms with Gasteiger partial charge in [0.1, 0.15) is 6.67 Å². The van der Waals surface area contributed by atoms with Crippen LogP contribution in [0.4, 0.5) is 13.2 Å². The standard InChI is InChI=1S/C8H8F3NO/c9-3-5-1-6(4-13-12)8(11)7(10)2-5/h1-2H,3-4,12H2. The summed E-state index contributed by atoms with van der Waals surface area (Å²) >= 11 is 0. The SMILES string of the molecule is NOCc1cc(CF)cc(F)c1F. The molecule has 0 radical (unpaired) electrons. The minimum Gasteiger partial charge on any atom is -0.300 e. The molecule has 1 aromatic carbocycles. The maximum absolute atomic E-state index is 12.9. The van der Waals surface area contributed by atoms with Gasteiger partial charge in [-0.15, -0.1) is 0 Å². The highest BCUT2D eigenvalue weighted by Gasteiger charge is 2.10. The summed E-state index contributed by atoms with van der Waals surface area (Å²) in [6.45, 7) is -1.13. The first-order valence-corrected chi connectivity index (χ1v) is 3.53. The van der Waals surface area contributed by atoms with E-state index in [0.717, 1.165) is 6.07 Å². The van der Waals surface area contributed by atoms with Crippen LogP contribution >= 0.6 is 0 Å². The molecule has 0 saturated carbocycles. The molecule has 0 aliphatic rings. The summed E-state index contributed by atoms with van der Waals surface area (Å²) in [6.07, 6.45) is 0. The molecule has 0 spiro atoms. The zero-order valence-electron chi connectivity index (χ0n) is 6.69. The van der Waals surface area contributed by atoms with E-state index in [1.54, 1.807) is 0 Å². The van der Waals surface area contributed by atoms with Crippen LogP contribution in [0.3, 0.4) is 0 Å². The van der Waals surface area contributed by atoms with E-state index in [4.69, 9.17) is 0 Å². The van der Waals surface area contributed by atoms with Crippen molar-refractivity contribution in [3.8, 4) is 0 Å². The minimum atomic E-state index is -1.10. The fourth-order valence-electron chi connectivity index (χ4n) is 0.980. The van der Waals surface area contributed by atoms with Crippen LogP contribution in [0, 0.1) is 11.6 Å². The first-order chi connectivity index (χ1) is 6.19. The van der Waals surface area contributed by atoms with E-state index in [9.17, 15) is 13.2 Å².